The van der Waals surface area contributed by atoms with Gasteiger partial charge in [0.15, 0.2) is 0 Å². The Kier molecular flexibility index (Phi) is 6.87. The molecule has 0 heterocycles. The highest BCUT2D eigenvalue weighted by Crippen LogP contribution is 2.12. The predicted octanol–water partition coefficient (Wildman–Crippen LogP) is 1.49. The molecule has 4 nitrogen and oxygen atoms in total. The third-order valence-corrected chi connectivity index (χ3v) is 2.50. The van der Waals surface area contributed by atoms with Gasteiger partial charge in [0.05, 0.1) is 6.61 Å². The van der Waals surface area contributed by atoms with Crippen LogP contribution in [0.1, 0.15) is 18.4 Å². The van der Waals surface area contributed by atoms with E-state index in [1.165, 1.54) is 5.56 Å². The normalized spacial score (nSPS) is 10.1. The SMILES string of the molecule is CNCCNC(=O)CCCOc1cccc(C)c1. The number of hydrogen-bond acceptors (Lipinski definition) is 3. The van der Waals surface area contributed by atoms with Crippen molar-refractivity contribution in [1.29, 1.82) is 0 Å². The fraction of sp³-hybridized carbons (Fsp3) is 0.500. The van der Waals surface area contributed by atoms with Gasteiger partial charge in [0, 0.05) is 19.5 Å². The highest BCUT2D eigenvalue weighted by molar-refractivity contribution is 5.75. The molecule has 1 rings (SSSR count). The van der Waals surface area contributed by atoms with Crippen molar-refractivity contribution in [2.45, 2.75) is 19.8 Å². The van der Waals surface area contributed by atoms with Gasteiger partial charge >= 0.3 is 0 Å². The molecule has 18 heavy (non-hydrogen) atoms. The fourth-order valence-corrected chi connectivity index (χ4v) is 1.54. The lowest BCUT2D eigenvalue weighted by molar-refractivity contribution is -0.121. The Morgan fingerprint density at radius 3 is 2.89 bits per heavy atom. The maximum atomic E-state index is 11.4. The van der Waals surface area contributed by atoms with E-state index < -0.39 is 0 Å². The van der Waals surface area contributed by atoms with Crippen molar-refractivity contribution < 1.29 is 9.53 Å². The first-order valence-corrected chi connectivity index (χ1v) is 6.33. The van der Waals surface area contributed by atoms with Crippen LogP contribution in [0.15, 0.2) is 24.3 Å². The average molecular weight is 250 g/mol. The van der Waals surface area contributed by atoms with E-state index >= 15 is 0 Å². The van der Waals surface area contributed by atoms with Crippen LogP contribution in [-0.4, -0.2) is 32.7 Å². The van der Waals surface area contributed by atoms with Crippen molar-refractivity contribution in [1.82, 2.24) is 10.6 Å². The van der Waals surface area contributed by atoms with E-state index in [0.717, 1.165) is 18.7 Å². The van der Waals surface area contributed by atoms with Crippen LogP contribution >= 0.6 is 0 Å². The molecule has 1 amide bonds. The first-order chi connectivity index (χ1) is 8.72. The van der Waals surface area contributed by atoms with Gasteiger partial charge in [-0.15, -0.1) is 0 Å². The maximum Gasteiger partial charge on any atom is 0.220 e. The highest BCUT2D eigenvalue weighted by Gasteiger charge is 2.00. The second-order valence-electron chi connectivity index (χ2n) is 4.22. The molecular formula is C14H22N2O2. The molecule has 0 aliphatic heterocycles. The average Bonchev–Trinajstić information content (AvgIpc) is 2.35. The van der Waals surface area contributed by atoms with Gasteiger partial charge in [0.25, 0.3) is 0 Å². The summed E-state index contributed by atoms with van der Waals surface area (Å²) in [4.78, 5) is 11.4. The molecule has 0 radical (unpaired) electrons. The van der Waals surface area contributed by atoms with E-state index in [0.29, 0.717) is 19.6 Å². The van der Waals surface area contributed by atoms with E-state index in [-0.39, 0.29) is 5.91 Å². The van der Waals surface area contributed by atoms with Gasteiger partial charge in [0.2, 0.25) is 5.91 Å². The summed E-state index contributed by atoms with van der Waals surface area (Å²) in [5.74, 6) is 0.948. The molecule has 0 aliphatic rings. The molecule has 0 unspecified atom stereocenters. The number of amides is 1. The van der Waals surface area contributed by atoms with Gasteiger partial charge in [-0.05, 0) is 38.1 Å². The third-order valence-electron chi connectivity index (χ3n) is 2.50. The van der Waals surface area contributed by atoms with E-state index in [4.69, 9.17) is 4.74 Å². The third kappa shape index (κ3) is 6.25. The number of hydrogen-bond donors (Lipinski definition) is 2. The maximum absolute atomic E-state index is 11.4. The van der Waals surface area contributed by atoms with E-state index in [9.17, 15) is 4.79 Å². The lowest BCUT2D eigenvalue weighted by Crippen LogP contribution is -2.30. The Bertz CT molecular complexity index is 367. The number of nitrogens with one attached hydrogen (secondary N) is 2. The Morgan fingerprint density at radius 1 is 1.33 bits per heavy atom. The Labute approximate surface area is 109 Å². The van der Waals surface area contributed by atoms with E-state index in [1.54, 1.807) is 0 Å². The van der Waals surface area contributed by atoms with Gasteiger partial charge in [-0.2, -0.15) is 0 Å². The van der Waals surface area contributed by atoms with Gasteiger partial charge in [-0.3, -0.25) is 4.79 Å². The van der Waals surface area contributed by atoms with Crippen LogP contribution in [0.5, 0.6) is 5.75 Å². The number of rotatable bonds is 8. The molecule has 0 bridgehead atoms. The van der Waals surface area contributed by atoms with Crippen molar-refractivity contribution in [3.63, 3.8) is 0 Å². The number of likely N-dealkylation sites (N-methyl/N-ethyl adjacent to an activating group) is 1. The molecule has 0 saturated carbocycles. The zero-order valence-electron chi connectivity index (χ0n) is 11.2. The lowest BCUT2D eigenvalue weighted by atomic mass is 10.2. The predicted molar refractivity (Wildman–Crippen MR) is 72.8 cm³/mol. The molecule has 0 aromatic heterocycles. The first kappa shape index (κ1) is 14.5. The quantitative estimate of drug-likeness (QED) is 0.687. The molecular weight excluding hydrogens is 228 g/mol. The summed E-state index contributed by atoms with van der Waals surface area (Å²) in [6, 6.07) is 7.92. The smallest absolute Gasteiger partial charge is 0.220 e. The van der Waals surface area contributed by atoms with Crippen LogP contribution in [0.25, 0.3) is 0 Å². The zero-order chi connectivity index (χ0) is 13.2. The van der Waals surface area contributed by atoms with Gasteiger partial charge in [-0.25, -0.2) is 0 Å². The lowest BCUT2D eigenvalue weighted by Gasteiger charge is -2.07. The largest absolute Gasteiger partial charge is 0.494 e. The summed E-state index contributed by atoms with van der Waals surface area (Å²) < 4.78 is 5.57. The number of benzene rings is 1. The zero-order valence-corrected chi connectivity index (χ0v) is 11.2. The molecule has 0 aliphatic carbocycles. The van der Waals surface area contributed by atoms with Gasteiger partial charge < -0.3 is 15.4 Å². The van der Waals surface area contributed by atoms with Crippen LogP contribution < -0.4 is 15.4 Å². The van der Waals surface area contributed by atoms with Crippen LogP contribution in [-0.2, 0) is 4.79 Å². The molecule has 4 heteroatoms. The van der Waals surface area contributed by atoms with E-state index in [1.807, 2.05) is 38.2 Å². The van der Waals surface area contributed by atoms with Gasteiger partial charge in [0.1, 0.15) is 5.75 Å². The Morgan fingerprint density at radius 2 is 2.17 bits per heavy atom. The monoisotopic (exact) mass is 250 g/mol. The summed E-state index contributed by atoms with van der Waals surface area (Å²) in [6.07, 6.45) is 1.24. The Balaban J connectivity index is 2.09. The molecule has 1 aromatic carbocycles. The molecule has 1 aromatic rings. The summed E-state index contributed by atoms with van der Waals surface area (Å²) in [5.41, 5.74) is 1.18. The second kappa shape index (κ2) is 8.53. The van der Waals surface area contributed by atoms with Crippen molar-refractivity contribution in [3.05, 3.63) is 29.8 Å². The topological polar surface area (TPSA) is 50.4 Å². The van der Waals surface area contributed by atoms with Gasteiger partial charge in [-0.1, -0.05) is 12.1 Å². The standard InChI is InChI=1S/C14H22N2O2/c1-12-5-3-6-13(11-12)18-10-4-7-14(17)16-9-8-15-2/h3,5-6,11,15H,4,7-10H2,1-2H3,(H,16,17). The fourth-order valence-electron chi connectivity index (χ4n) is 1.54. The first-order valence-electron chi connectivity index (χ1n) is 6.33. The molecule has 0 spiro atoms. The van der Waals surface area contributed by atoms with Crippen molar-refractivity contribution in [3.8, 4) is 5.75 Å². The number of carbonyl (C=O) groups is 1. The van der Waals surface area contributed by atoms with Crippen LogP contribution in [0.3, 0.4) is 0 Å². The second-order valence-corrected chi connectivity index (χ2v) is 4.22. The minimum absolute atomic E-state index is 0.0816. The highest BCUT2D eigenvalue weighted by atomic mass is 16.5. The molecule has 0 atom stereocenters. The minimum Gasteiger partial charge on any atom is -0.494 e. The molecule has 2 N–H and O–H groups in total. The van der Waals surface area contributed by atoms with Crippen LogP contribution in [0, 0.1) is 6.92 Å². The molecule has 0 saturated heterocycles. The summed E-state index contributed by atoms with van der Waals surface area (Å²) >= 11 is 0. The van der Waals surface area contributed by atoms with Crippen molar-refractivity contribution in [2.24, 2.45) is 0 Å². The van der Waals surface area contributed by atoms with Crippen molar-refractivity contribution in [2.75, 3.05) is 26.7 Å². The Hall–Kier alpha value is -1.55. The molecule has 0 fully saturated rings. The van der Waals surface area contributed by atoms with E-state index in [2.05, 4.69) is 10.6 Å². The van der Waals surface area contributed by atoms with Crippen LogP contribution in [0.2, 0.25) is 0 Å². The number of aryl methyl sites for hydroxylation is 1. The van der Waals surface area contributed by atoms with Crippen molar-refractivity contribution >= 4 is 5.91 Å². The summed E-state index contributed by atoms with van der Waals surface area (Å²) in [7, 11) is 1.86. The summed E-state index contributed by atoms with van der Waals surface area (Å²) in [5, 5.41) is 5.81. The van der Waals surface area contributed by atoms with Crippen LogP contribution in [0.4, 0.5) is 0 Å². The number of carbonyl (C=O) groups excluding carboxylic acids is 1. The molecule has 100 valence electrons. The summed E-state index contributed by atoms with van der Waals surface area (Å²) in [6.45, 7) is 4.07. The number of ether oxygens (including phenoxy) is 1. The minimum atomic E-state index is 0.0816.